The van der Waals surface area contributed by atoms with Gasteiger partial charge in [-0.2, -0.15) is 5.10 Å². The fourth-order valence-electron chi connectivity index (χ4n) is 2.88. The first kappa shape index (κ1) is 17.8. The summed E-state index contributed by atoms with van der Waals surface area (Å²) in [5.74, 6) is 0.476. The average molecular weight is 381 g/mol. The smallest absolute Gasteiger partial charge is 0.266 e. The summed E-state index contributed by atoms with van der Waals surface area (Å²) >= 11 is 11.9. The molecule has 1 aliphatic heterocycles. The number of benzene rings is 1. The van der Waals surface area contributed by atoms with Gasteiger partial charge in [0.1, 0.15) is 5.82 Å². The standard InChI is InChI=1S/C17H18Cl2N4O2/c1-22-16(24)7-6-15(21-22)23-8-2-3-11(10-23)17(25)20-12-4-5-13(18)14(19)9-12/h4-7,9,11H,2-3,8,10H2,1H3,(H,20,25). The molecule has 0 bridgehead atoms. The van der Waals surface area contributed by atoms with Gasteiger partial charge < -0.3 is 10.2 Å². The number of anilines is 2. The Kier molecular flexibility index (Phi) is 5.30. The minimum absolute atomic E-state index is 0.0621. The fraction of sp³-hybridized carbons (Fsp3) is 0.353. The van der Waals surface area contributed by atoms with Crippen molar-refractivity contribution in [1.82, 2.24) is 9.78 Å². The number of aryl methyl sites for hydroxylation is 1. The minimum Gasteiger partial charge on any atom is -0.354 e. The van der Waals surface area contributed by atoms with E-state index in [9.17, 15) is 9.59 Å². The summed E-state index contributed by atoms with van der Waals surface area (Å²) in [6.07, 6.45) is 1.68. The van der Waals surface area contributed by atoms with Crippen molar-refractivity contribution >= 4 is 40.6 Å². The third-order valence-corrected chi connectivity index (χ3v) is 4.99. The highest BCUT2D eigenvalue weighted by Gasteiger charge is 2.27. The van der Waals surface area contributed by atoms with Crippen molar-refractivity contribution in [3.63, 3.8) is 0 Å². The molecule has 1 aliphatic rings. The van der Waals surface area contributed by atoms with E-state index in [4.69, 9.17) is 23.2 Å². The Morgan fingerprint density at radius 1 is 1.24 bits per heavy atom. The maximum Gasteiger partial charge on any atom is 0.266 e. The number of carbonyl (C=O) groups is 1. The molecule has 1 aromatic heterocycles. The Morgan fingerprint density at radius 3 is 2.76 bits per heavy atom. The molecule has 6 nitrogen and oxygen atoms in total. The van der Waals surface area contributed by atoms with E-state index in [1.165, 1.54) is 10.7 Å². The van der Waals surface area contributed by atoms with Gasteiger partial charge in [-0.15, -0.1) is 0 Å². The van der Waals surface area contributed by atoms with Crippen LogP contribution in [0.1, 0.15) is 12.8 Å². The lowest BCUT2D eigenvalue weighted by Crippen LogP contribution is -2.41. The van der Waals surface area contributed by atoms with Crippen molar-refractivity contribution in [3.05, 3.63) is 50.7 Å². The second-order valence-corrected chi connectivity index (χ2v) is 6.87. The molecule has 2 aromatic rings. The molecule has 2 heterocycles. The second kappa shape index (κ2) is 7.45. The van der Waals surface area contributed by atoms with Gasteiger partial charge in [0, 0.05) is 31.9 Å². The summed E-state index contributed by atoms with van der Waals surface area (Å²) in [6, 6.07) is 8.20. The quantitative estimate of drug-likeness (QED) is 0.888. The van der Waals surface area contributed by atoms with Crippen LogP contribution < -0.4 is 15.8 Å². The molecule has 1 atom stereocenters. The molecule has 0 saturated carbocycles. The Hall–Kier alpha value is -2.05. The molecule has 3 rings (SSSR count). The lowest BCUT2D eigenvalue weighted by molar-refractivity contribution is -0.120. The molecule has 25 heavy (non-hydrogen) atoms. The Morgan fingerprint density at radius 2 is 2.04 bits per heavy atom. The van der Waals surface area contributed by atoms with E-state index in [1.54, 1.807) is 31.3 Å². The Balaban J connectivity index is 1.69. The number of nitrogens with zero attached hydrogens (tertiary/aromatic N) is 3. The lowest BCUT2D eigenvalue weighted by Gasteiger charge is -2.32. The van der Waals surface area contributed by atoms with E-state index in [0.29, 0.717) is 28.1 Å². The largest absolute Gasteiger partial charge is 0.354 e. The van der Waals surface area contributed by atoms with E-state index < -0.39 is 0 Å². The van der Waals surface area contributed by atoms with Crippen molar-refractivity contribution in [2.45, 2.75) is 12.8 Å². The maximum absolute atomic E-state index is 12.6. The van der Waals surface area contributed by atoms with Gasteiger partial charge in [0.25, 0.3) is 5.56 Å². The number of hydrogen-bond donors (Lipinski definition) is 1. The summed E-state index contributed by atoms with van der Waals surface area (Å²) in [5, 5.41) is 8.00. The zero-order valence-electron chi connectivity index (χ0n) is 13.7. The van der Waals surface area contributed by atoms with Crippen LogP contribution >= 0.6 is 23.2 Å². The molecule has 1 saturated heterocycles. The van der Waals surface area contributed by atoms with Gasteiger partial charge in [0.05, 0.1) is 16.0 Å². The molecular weight excluding hydrogens is 363 g/mol. The second-order valence-electron chi connectivity index (χ2n) is 6.06. The fourth-order valence-corrected chi connectivity index (χ4v) is 3.17. The van der Waals surface area contributed by atoms with E-state index in [-0.39, 0.29) is 17.4 Å². The number of rotatable bonds is 3. The highest BCUT2D eigenvalue weighted by Crippen LogP contribution is 2.26. The first-order valence-corrected chi connectivity index (χ1v) is 8.75. The van der Waals surface area contributed by atoms with Crippen LogP contribution in [0.4, 0.5) is 11.5 Å². The molecule has 1 amide bonds. The molecule has 8 heteroatoms. The van der Waals surface area contributed by atoms with Gasteiger partial charge in [-0.05, 0) is 37.1 Å². The number of carbonyl (C=O) groups excluding carboxylic acids is 1. The molecule has 1 unspecified atom stereocenters. The molecule has 1 N–H and O–H groups in total. The third kappa shape index (κ3) is 4.14. The number of amides is 1. The van der Waals surface area contributed by atoms with Crippen molar-refractivity contribution in [2.75, 3.05) is 23.3 Å². The monoisotopic (exact) mass is 380 g/mol. The summed E-state index contributed by atoms with van der Waals surface area (Å²) in [7, 11) is 1.62. The summed E-state index contributed by atoms with van der Waals surface area (Å²) in [4.78, 5) is 26.1. The minimum atomic E-state index is -0.165. The van der Waals surface area contributed by atoms with Crippen LogP contribution in [-0.4, -0.2) is 28.8 Å². The molecule has 1 fully saturated rings. The highest BCUT2D eigenvalue weighted by molar-refractivity contribution is 6.42. The molecule has 0 radical (unpaired) electrons. The van der Waals surface area contributed by atoms with E-state index in [1.807, 2.05) is 4.90 Å². The van der Waals surface area contributed by atoms with Crippen molar-refractivity contribution < 1.29 is 4.79 Å². The van der Waals surface area contributed by atoms with E-state index in [0.717, 1.165) is 19.4 Å². The lowest BCUT2D eigenvalue weighted by atomic mass is 9.97. The van der Waals surface area contributed by atoms with Gasteiger partial charge in [-0.3, -0.25) is 9.59 Å². The first-order chi connectivity index (χ1) is 11.9. The van der Waals surface area contributed by atoms with E-state index in [2.05, 4.69) is 10.4 Å². The van der Waals surface area contributed by atoms with Gasteiger partial charge >= 0.3 is 0 Å². The highest BCUT2D eigenvalue weighted by atomic mass is 35.5. The number of hydrogen-bond acceptors (Lipinski definition) is 4. The van der Waals surface area contributed by atoms with Gasteiger partial charge in [0.15, 0.2) is 0 Å². The van der Waals surface area contributed by atoms with Crippen LogP contribution in [0, 0.1) is 5.92 Å². The maximum atomic E-state index is 12.6. The topological polar surface area (TPSA) is 67.2 Å². The first-order valence-electron chi connectivity index (χ1n) is 7.99. The average Bonchev–Trinajstić information content (AvgIpc) is 2.60. The van der Waals surface area contributed by atoms with Gasteiger partial charge in [-0.25, -0.2) is 4.68 Å². The van der Waals surface area contributed by atoms with Gasteiger partial charge in [-0.1, -0.05) is 23.2 Å². The van der Waals surface area contributed by atoms with Crippen molar-refractivity contribution in [1.29, 1.82) is 0 Å². The van der Waals surface area contributed by atoms with Crippen molar-refractivity contribution in [3.8, 4) is 0 Å². The molecule has 1 aromatic carbocycles. The SMILES string of the molecule is Cn1nc(N2CCCC(C(=O)Nc3ccc(Cl)c(Cl)c3)C2)ccc1=O. The number of halogens is 2. The summed E-state index contributed by atoms with van der Waals surface area (Å²) in [6.45, 7) is 1.36. The normalized spacial score (nSPS) is 17.4. The van der Waals surface area contributed by atoms with Gasteiger partial charge in [0.2, 0.25) is 5.91 Å². The molecular formula is C17H18Cl2N4O2. The third-order valence-electron chi connectivity index (χ3n) is 4.25. The van der Waals surface area contributed by atoms with Crippen LogP contribution in [-0.2, 0) is 11.8 Å². The Labute approximate surface area is 155 Å². The zero-order valence-corrected chi connectivity index (χ0v) is 15.2. The Bertz CT molecular complexity index is 853. The predicted octanol–water partition coefficient (Wildman–Crippen LogP) is 2.94. The number of nitrogens with one attached hydrogen (secondary N) is 1. The van der Waals surface area contributed by atoms with Crippen LogP contribution in [0.5, 0.6) is 0 Å². The van der Waals surface area contributed by atoms with E-state index >= 15 is 0 Å². The van der Waals surface area contributed by atoms with Crippen LogP contribution in [0.25, 0.3) is 0 Å². The predicted molar refractivity (Wildman–Crippen MR) is 99.5 cm³/mol. The van der Waals surface area contributed by atoms with Crippen molar-refractivity contribution in [2.24, 2.45) is 13.0 Å². The molecule has 132 valence electrons. The number of aromatic nitrogens is 2. The zero-order chi connectivity index (χ0) is 18.0. The van der Waals surface area contributed by atoms with Crippen LogP contribution in [0.2, 0.25) is 10.0 Å². The van der Waals surface area contributed by atoms with Crippen LogP contribution in [0.15, 0.2) is 35.1 Å². The summed E-state index contributed by atoms with van der Waals surface area (Å²) in [5.41, 5.74) is 0.464. The molecule has 0 aliphatic carbocycles. The number of piperidine rings is 1. The van der Waals surface area contributed by atoms with Crippen LogP contribution in [0.3, 0.4) is 0 Å². The molecule has 0 spiro atoms. The summed E-state index contributed by atoms with van der Waals surface area (Å²) < 4.78 is 1.30.